The van der Waals surface area contributed by atoms with Crippen LogP contribution in [-0.2, 0) is 17.9 Å². The molecule has 0 bridgehead atoms. The van der Waals surface area contributed by atoms with Crippen molar-refractivity contribution in [2.45, 2.75) is 32.9 Å². The minimum absolute atomic E-state index is 0.215. The van der Waals surface area contributed by atoms with Gasteiger partial charge in [0.1, 0.15) is 5.76 Å². The van der Waals surface area contributed by atoms with Crippen LogP contribution in [0.2, 0.25) is 0 Å². The predicted octanol–water partition coefficient (Wildman–Crippen LogP) is 2.00. The van der Waals surface area contributed by atoms with Crippen LogP contribution in [0.3, 0.4) is 0 Å². The van der Waals surface area contributed by atoms with Gasteiger partial charge in [-0.3, -0.25) is 14.7 Å². The largest absolute Gasteiger partial charge is 0.361 e. The second-order valence-electron chi connectivity index (χ2n) is 6.97. The van der Waals surface area contributed by atoms with Crippen LogP contribution in [0.5, 0.6) is 0 Å². The molecule has 0 saturated carbocycles. The van der Waals surface area contributed by atoms with Crippen molar-refractivity contribution >= 4 is 5.91 Å². The number of hydrogen-bond donors (Lipinski definition) is 0. The van der Waals surface area contributed by atoms with E-state index in [2.05, 4.69) is 15.0 Å². The van der Waals surface area contributed by atoms with Gasteiger partial charge in [0.05, 0.1) is 23.3 Å². The molecule has 4 heterocycles. The number of carbonyl (C=O) groups excluding carboxylic acids is 1. The van der Waals surface area contributed by atoms with Gasteiger partial charge in [-0.25, -0.2) is 0 Å². The maximum atomic E-state index is 13.0. The van der Waals surface area contributed by atoms with E-state index >= 15 is 0 Å². The monoisotopic (exact) mass is 326 g/mol. The van der Waals surface area contributed by atoms with Gasteiger partial charge in [0.25, 0.3) is 0 Å². The maximum absolute atomic E-state index is 13.0. The average molecular weight is 326 g/mol. The first-order valence-electron chi connectivity index (χ1n) is 8.48. The van der Waals surface area contributed by atoms with Gasteiger partial charge in [0.2, 0.25) is 5.91 Å². The molecule has 6 heteroatoms. The Bertz CT molecular complexity index is 730. The lowest BCUT2D eigenvalue weighted by atomic mass is 9.85. The summed E-state index contributed by atoms with van der Waals surface area (Å²) in [5.74, 6) is 1.12. The van der Waals surface area contributed by atoms with Gasteiger partial charge >= 0.3 is 0 Å². The zero-order valence-corrected chi connectivity index (χ0v) is 13.9. The first-order valence-corrected chi connectivity index (χ1v) is 8.48. The molecule has 24 heavy (non-hydrogen) atoms. The summed E-state index contributed by atoms with van der Waals surface area (Å²) in [7, 11) is 0. The second kappa shape index (κ2) is 6.02. The third-order valence-electron chi connectivity index (χ3n) is 5.18. The van der Waals surface area contributed by atoms with Crippen molar-refractivity contribution in [3.05, 3.63) is 47.6 Å². The van der Waals surface area contributed by atoms with Gasteiger partial charge in [-0.05, 0) is 38.4 Å². The van der Waals surface area contributed by atoms with Crippen LogP contribution in [0.15, 0.2) is 35.0 Å². The Balaban J connectivity index is 1.40. The quantitative estimate of drug-likeness (QED) is 0.860. The van der Waals surface area contributed by atoms with Crippen LogP contribution < -0.4 is 0 Å². The molecule has 2 aliphatic rings. The summed E-state index contributed by atoms with van der Waals surface area (Å²) < 4.78 is 5.14. The Morgan fingerprint density at radius 3 is 2.83 bits per heavy atom. The van der Waals surface area contributed by atoms with Gasteiger partial charge in [0.15, 0.2) is 0 Å². The summed E-state index contributed by atoms with van der Waals surface area (Å²) in [6.45, 7) is 5.85. The summed E-state index contributed by atoms with van der Waals surface area (Å²) in [5, 5.41) is 4.06. The van der Waals surface area contributed by atoms with E-state index in [0.29, 0.717) is 6.54 Å². The van der Waals surface area contributed by atoms with Gasteiger partial charge in [-0.2, -0.15) is 0 Å². The standard InChI is InChI=1S/C18H22N4O2/c1-14-10-16(20-24-14)11-21-8-5-18(13-21)6-9-22(17(18)23)12-15-4-2-3-7-19-15/h2-4,7,10H,5-6,8-9,11-13H2,1H3. The van der Waals surface area contributed by atoms with Crippen molar-refractivity contribution in [1.29, 1.82) is 0 Å². The molecule has 2 aromatic heterocycles. The number of carbonyl (C=O) groups is 1. The molecule has 0 radical (unpaired) electrons. The Hall–Kier alpha value is -2.21. The molecule has 0 aromatic carbocycles. The summed E-state index contributed by atoms with van der Waals surface area (Å²) in [4.78, 5) is 21.6. The molecule has 2 fully saturated rings. The molecular formula is C18H22N4O2. The lowest BCUT2D eigenvalue weighted by molar-refractivity contribution is -0.136. The molecule has 0 N–H and O–H groups in total. The van der Waals surface area contributed by atoms with Crippen LogP contribution in [0.25, 0.3) is 0 Å². The highest BCUT2D eigenvalue weighted by Gasteiger charge is 2.50. The van der Waals surface area contributed by atoms with E-state index in [1.54, 1.807) is 6.20 Å². The number of rotatable bonds is 4. The normalized spacial score (nSPS) is 24.4. The van der Waals surface area contributed by atoms with Gasteiger partial charge in [-0.1, -0.05) is 11.2 Å². The van der Waals surface area contributed by atoms with Crippen molar-refractivity contribution in [3.8, 4) is 0 Å². The lowest BCUT2D eigenvalue weighted by Crippen LogP contribution is -2.36. The highest BCUT2D eigenvalue weighted by molar-refractivity contribution is 5.85. The van der Waals surface area contributed by atoms with Gasteiger partial charge < -0.3 is 9.42 Å². The number of aromatic nitrogens is 2. The minimum atomic E-state index is -0.215. The SMILES string of the molecule is Cc1cc(CN2CCC3(CCN(Cc4ccccn4)C3=O)C2)no1. The fourth-order valence-corrected chi connectivity index (χ4v) is 3.92. The third kappa shape index (κ3) is 2.82. The van der Waals surface area contributed by atoms with Crippen molar-refractivity contribution in [3.63, 3.8) is 0 Å². The molecule has 2 aromatic rings. The predicted molar refractivity (Wildman–Crippen MR) is 87.8 cm³/mol. The molecule has 126 valence electrons. The van der Waals surface area contributed by atoms with Crippen LogP contribution >= 0.6 is 0 Å². The van der Waals surface area contributed by atoms with E-state index in [1.165, 1.54) is 0 Å². The summed E-state index contributed by atoms with van der Waals surface area (Å²) >= 11 is 0. The fourth-order valence-electron chi connectivity index (χ4n) is 3.92. The Morgan fingerprint density at radius 1 is 1.21 bits per heavy atom. The summed E-state index contributed by atoms with van der Waals surface area (Å²) in [6.07, 6.45) is 3.65. The van der Waals surface area contributed by atoms with Crippen LogP contribution in [0, 0.1) is 12.3 Å². The van der Waals surface area contributed by atoms with E-state index < -0.39 is 0 Å². The second-order valence-corrected chi connectivity index (χ2v) is 6.97. The number of pyridine rings is 1. The Kier molecular flexibility index (Phi) is 3.84. The number of amides is 1. The smallest absolute Gasteiger partial charge is 0.230 e. The fraction of sp³-hybridized carbons (Fsp3) is 0.500. The Morgan fingerprint density at radius 2 is 2.08 bits per heavy atom. The topological polar surface area (TPSA) is 62.5 Å². The zero-order chi connectivity index (χ0) is 16.6. The van der Waals surface area contributed by atoms with Crippen molar-refractivity contribution in [2.75, 3.05) is 19.6 Å². The zero-order valence-electron chi connectivity index (χ0n) is 13.9. The minimum Gasteiger partial charge on any atom is -0.361 e. The number of aryl methyl sites for hydroxylation is 1. The maximum Gasteiger partial charge on any atom is 0.230 e. The highest BCUT2D eigenvalue weighted by Crippen LogP contribution is 2.41. The Labute approximate surface area is 141 Å². The molecule has 1 spiro atoms. The van der Waals surface area contributed by atoms with Crippen LogP contribution in [0.1, 0.15) is 30.0 Å². The first kappa shape index (κ1) is 15.3. The van der Waals surface area contributed by atoms with Crippen LogP contribution in [0.4, 0.5) is 0 Å². The number of hydrogen-bond acceptors (Lipinski definition) is 5. The first-order chi connectivity index (χ1) is 11.6. The molecule has 2 saturated heterocycles. The number of nitrogens with zero attached hydrogens (tertiary/aromatic N) is 4. The van der Waals surface area contributed by atoms with E-state index in [9.17, 15) is 4.79 Å². The molecule has 6 nitrogen and oxygen atoms in total. The van der Waals surface area contributed by atoms with E-state index in [-0.39, 0.29) is 11.3 Å². The molecule has 0 aliphatic carbocycles. The average Bonchev–Trinajstić information content (AvgIpc) is 3.26. The summed E-state index contributed by atoms with van der Waals surface area (Å²) in [5.41, 5.74) is 1.68. The molecule has 1 atom stereocenters. The lowest BCUT2D eigenvalue weighted by Gasteiger charge is -2.23. The van der Waals surface area contributed by atoms with Gasteiger partial charge in [-0.15, -0.1) is 0 Å². The van der Waals surface area contributed by atoms with Crippen LogP contribution in [-0.4, -0.2) is 45.5 Å². The highest BCUT2D eigenvalue weighted by atomic mass is 16.5. The molecule has 1 unspecified atom stereocenters. The third-order valence-corrected chi connectivity index (χ3v) is 5.18. The summed E-state index contributed by atoms with van der Waals surface area (Å²) in [6, 6.07) is 7.81. The van der Waals surface area contributed by atoms with Crippen molar-refractivity contribution in [2.24, 2.45) is 5.41 Å². The van der Waals surface area contributed by atoms with E-state index in [1.807, 2.05) is 36.1 Å². The van der Waals surface area contributed by atoms with Crippen molar-refractivity contribution < 1.29 is 9.32 Å². The van der Waals surface area contributed by atoms with Crippen molar-refractivity contribution in [1.82, 2.24) is 19.9 Å². The molecular weight excluding hydrogens is 304 g/mol. The van der Waals surface area contributed by atoms with Gasteiger partial charge in [0, 0.05) is 31.9 Å². The van der Waals surface area contributed by atoms with E-state index in [0.717, 1.165) is 56.2 Å². The molecule has 4 rings (SSSR count). The molecule has 1 amide bonds. The number of likely N-dealkylation sites (tertiary alicyclic amines) is 2. The van der Waals surface area contributed by atoms with E-state index in [4.69, 9.17) is 4.52 Å². The molecule has 2 aliphatic heterocycles.